The summed E-state index contributed by atoms with van der Waals surface area (Å²) < 4.78 is 16.6. The van der Waals surface area contributed by atoms with Crippen LogP contribution < -0.4 is 0 Å². The standard InChI is InChI=1S/C22H16ClFN2O2/c23-19-10-6-11-20(24)21(19)18(14-26(27)28)22-17(15-7-2-1-3-8-15)13-16-9-4-5-12-25(16)22/h1-13,18H,14H2/t18-/m1/s1. The van der Waals surface area contributed by atoms with Crippen molar-refractivity contribution in [3.63, 3.8) is 0 Å². The fraction of sp³-hybridized carbons (Fsp3) is 0.0909. The smallest absolute Gasteiger partial charge is 0.216 e. The first-order chi connectivity index (χ1) is 13.6. The Bertz CT molecular complexity index is 1140. The molecule has 4 rings (SSSR count). The van der Waals surface area contributed by atoms with Crippen LogP contribution in [0.4, 0.5) is 4.39 Å². The number of hydrogen-bond donors (Lipinski definition) is 0. The first-order valence-electron chi connectivity index (χ1n) is 8.77. The topological polar surface area (TPSA) is 47.5 Å². The molecular formula is C22H16ClFN2O2. The quantitative estimate of drug-likeness (QED) is 0.317. The summed E-state index contributed by atoms with van der Waals surface area (Å²) in [5.74, 6) is -1.40. The van der Waals surface area contributed by atoms with Crippen LogP contribution in [0.5, 0.6) is 0 Å². The lowest BCUT2D eigenvalue weighted by atomic mass is 9.90. The zero-order valence-corrected chi connectivity index (χ0v) is 15.5. The van der Waals surface area contributed by atoms with Crippen LogP contribution in [0.2, 0.25) is 5.02 Å². The van der Waals surface area contributed by atoms with E-state index >= 15 is 0 Å². The van der Waals surface area contributed by atoms with E-state index in [0.29, 0.717) is 5.69 Å². The molecule has 28 heavy (non-hydrogen) atoms. The summed E-state index contributed by atoms with van der Waals surface area (Å²) in [4.78, 5) is 11.1. The number of pyridine rings is 1. The Hall–Kier alpha value is -3.18. The van der Waals surface area contributed by atoms with Gasteiger partial charge in [-0.25, -0.2) is 4.39 Å². The third kappa shape index (κ3) is 3.25. The predicted octanol–water partition coefficient (Wildman–Crippen LogP) is 5.81. The lowest BCUT2D eigenvalue weighted by molar-refractivity contribution is -0.482. The first-order valence-corrected chi connectivity index (χ1v) is 9.15. The lowest BCUT2D eigenvalue weighted by Crippen LogP contribution is -2.18. The Morgan fingerprint density at radius 3 is 2.50 bits per heavy atom. The van der Waals surface area contributed by atoms with Gasteiger partial charge in [-0.1, -0.05) is 54.1 Å². The summed E-state index contributed by atoms with van der Waals surface area (Å²) in [6, 6.07) is 21.5. The average molecular weight is 395 g/mol. The third-order valence-electron chi connectivity index (χ3n) is 4.81. The highest BCUT2D eigenvalue weighted by Crippen LogP contribution is 2.39. The second kappa shape index (κ2) is 7.44. The normalized spacial score (nSPS) is 12.2. The summed E-state index contributed by atoms with van der Waals surface area (Å²) in [6.45, 7) is -0.471. The van der Waals surface area contributed by atoms with Crippen molar-refractivity contribution in [3.05, 3.63) is 111 Å². The van der Waals surface area contributed by atoms with Gasteiger partial charge in [0, 0.05) is 38.5 Å². The van der Waals surface area contributed by atoms with Crippen LogP contribution in [-0.2, 0) is 0 Å². The van der Waals surface area contributed by atoms with Gasteiger partial charge in [-0.05, 0) is 35.9 Å². The molecule has 0 unspecified atom stereocenters. The van der Waals surface area contributed by atoms with Crippen molar-refractivity contribution in [1.29, 1.82) is 0 Å². The molecule has 0 saturated carbocycles. The number of hydrogen-bond acceptors (Lipinski definition) is 2. The number of fused-ring (bicyclic) bond motifs is 1. The van der Waals surface area contributed by atoms with E-state index < -0.39 is 23.2 Å². The van der Waals surface area contributed by atoms with E-state index in [0.717, 1.165) is 16.6 Å². The molecular weight excluding hydrogens is 379 g/mol. The van der Waals surface area contributed by atoms with Crippen LogP contribution in [0, 0.1) is 15.9 Å². The molecule has 140 valence electrons. The molecule has 4 aromatic rings. The van der Waals surface area contributed by atoms with Crippen LogP contribution in [0.25, 0.3) is 16.6 Å². The number of nitro groups is 1. The molecule has 0 bridgehead atoms. The monoisotopic (exact) mass is 394 g/mol. The highest BCUT2D eigenvalue weighted by molar-refractivity contribution is 6.31. The molecule has 0 radical (unpaired) electrons. The number of nitrogens with zero attached hydrogens (tertiary/aromatic N) is 2. The summed E-state index contributed by atoms with van der Waals surface area (Å²) >= 11 is 6.30. The number of halogens is 2. The van der Waals surface area contributed by atoms with Crippen molar-refractivity contribution >= 4 is 17.1 Å². The molecule has 0 aliphatic rings. The lowest BCUT2D eigenvalue weighted by Gasteiger charge is -2.18. The van der Waals surface area contributed by atoms with E-state index in [4.69, 9.17) is 11.6 Å². The fourth-order valence-electron chi connectivity index (χ4n) is 3.66. The van der Waals surface area contributed by atoms with Gasteiger partial charge in [0.25, 0.3) is 0 Å². The molecule has 6 heteroatoms. The van der Waals surface area contributed by atoms with Crippen molar-refractivity contribution in [1.82, 2.24) is 4.40 Å². The molecule has 1 atom stereocenters. The van der Waals surface area contributed by atoms with Crippen LogP contribution in [-0.4, -0.2) is 15.9 Å². The molecule has 0 fully saturated rings. The molecule has 2 aromatic heterocycles. The van der Waals surface area contributed by atoms with Crippen molar-refractivity contribution < 1.29 is 9.31 Å². The molecule has 0 saturated heterocycles. The maximum Gasteiger partial charge on any atom is 0.216 e. The van der Waals surface area contributed by atoms with Gasteiger partial charge in [-0.15, -0.1) is 0 Å². The minimum Gasteiger partial charge on any atom is -0.319 e. The Labute approximate surface area is 166 Å². The van der Waals surface area contributed by atoms with Crippen LogP contribution in [0.1, 0.15) is 17.2 Å². The maximum absolute atomic E-state index is 14.8. The van der Waals surface area contributed by atoms with E-state index in [2.05, 4.69) is 0 Å². The largest absolute Gasteiger partial charge is 0.319 e. The average Bonchev–Trinajstić information content (AvgIpc) is 3.07. The van der Waals surface area contributed by atoms with Crippen molar-refractivity contribution in [3.8, 4) is 11.1 Å². The Morgan fingerprint density at radius 1 is 1.04 bits per heavy atom. The Balaban J connectivity index is 2.05. The zero-order valence-electron chi connectivity index (χ0n) is 14.8. The van der Waals surface area contributed by atoms with Crippen LogP contribution in [0.15, 0.2) is 79.0 Å². The summed E-state index contributed by atoms with van der Waals surface area (Å²) in [7, 11) is 0. The molecule has 2 aromatic carbocycles. The molecule has 0 N–H and O–H groups in total. The van der Waals surface area contributed by atoms with Gasteiger partial charge in [-0.3, -0.25) is 10.1 Å². The molecule has 4 nitrogen and oxygen atoms in total. The van der Waals surface area contributed by atoms with Crippen molar-refractivity contribution in [2.45, 2.75) is 5.92 Å². The highest BCUT2D eigenvalue weighted by Gasteiger charge is 2.31. The fourth-order valence-corrected chi connectivity index (χ4v) is 3.95. The zero-order chi connectivity index (χ0) is 19.7. The number of aromatic nitrogens is 1. The SMILES string of the molecule is O=[N+]([O-])C[C@H](c1c(F)cccc1Cl)c1c(-c2ccccc2)cc2ccccn12. The molecule has 2 heterocycles. The predicted molar refractivity (Wildman–Crippen MR) is 108 cm³/mol. The van der Waals surface area contributed by atoms with Gasteiger partial charge in [-0.2, -0.15) is 0 Å². The van der Waals surface area contributed by atoms with E-state index in [-0.39, 0.29) is 10.6 Å². The maximum atomic E-state index is 14.8. The van der Waals surface area contributed by atoms with E-state index in [1.807, 2.05) is 65.2 Å². The molecule has 0 aliphatic carbocycles. The summed E-state index contributed by atoms with van der Waals surface area (Å²) in [5.41, 5.74) is 3.38. The second-order valence-corrected chi connectivity index (χ2v) is 6.92. The van der Waals surface area contributed by atoms with Gasteiger partial charge in [0.05, 0.1) is 5.92 Å². The third-order valence-corrected chi connectivity index (χ3v) is 5.14. The van der Waals surface area contributed by atoms with Gasteiger partial charge >= 0.3 is 0 Å². The Kier molecular flexibility index (Phi) is 4.84. The van der Waals surface area contributed by atoms with Gasteiger partial charge in [0.15, 0.2) is 0 Å². The van der Waals surface area contributed by atoms with Gasteiger partial charge < -0.3 is 4.40 Å². The molecule has 0 aliphatic heterocycles. The van der Waals surface area contributed by atoms with Crippen molar-refractivity contribution in [2.75, 3.05) is 6.54 Å². The van der Waals surface area contributed by atoms with Gasteiger partial charge in [0.2, 0.25) is 6.54 Å². The minimum atomic E-state index is -0.844. The molecule has 0 amide bonds. The number of benzene rings is 2. The van der Waals surface area contributed by atoms with Crippen molar-refractivity contribution in [2.24, 2.45) is 0 Å². The molecule has 0 spiro atoms. The number of rotatable bonds is 5. The van der Waals surface area contributed by atoms with Gasteiger partial charge in [0.1, 0.15) is 5.82 Å². The van der Waals surface area contributed by atoms with Crippen LogP contribution >= 0.6 is 11.6 Å². The minimum absolute atomic E-state index is 0.141. The van der Waals surface area contributed by atoms with E-state index in [1.165, 1.54) is 12.1 Å². The first kappa shape index (κ1) is 18.2. The Morgan fingerprint density at radius 2 is 1.79 bits per heavy atom. The summed E-state index contributed by atoms with van der Waals surface area (Å²) in [6.07, 6.45) is 1.83. The van der Waals surface area contributed by atoms with E-state index in [1.54, 1.807) is 6.07 Å². The second-order valence-electron chi connectivity index (χ2n) is 6.51. The highest BCUT2D eigenvalue weighted by atomic mass is 35.5. The van der Waals surface area contributed by atoms with Crippen LogP contribution in [0.3, 0.4) is 0 Å². The summed E-state index contributed by atoms with van der Waals surface area (Å²) in [5, 5.41) is 11.7. The van der Waals surface area contributed by atoms with E-state index in [9.17, 15) is 14.5 Å².